The Bertz CT molecular complexity index is 769. The zero-order valence-electron chi connectivity index (χ0n) is 11.5. The lowest BCUT2D eigenvalue weighted by atomic mass is 10.1. The van der Waals surface area contributed by atoms with Gasteiger partial charge in [0.1, 0.15) is 0 Å². The summed E-state index contributed by atoms with van der Waals surface area (Å²) in [6.45, 7) is 2.42. The van der Waals surface area contributed by atoms with Crippen molar-refractivity contribution < 1.29 is 4.79 Å². The number of aromatic nitrogens is 3. The number of nitrogens with one attached hydrogen (secondary N) is 2. The van der Waals surface area contributed by atoms with E-state index in [1.807, 2.05) is 50.6 Å². The molecule has 0 saturated carbocycles. The van der Waals surface area contributed by atoms with Crippen LogP contribution in [0.2, 0.25) is 0 Å². The molecule has 2 heterocycles. The van der Waals surface area contributed by atoms with E-state index in [-0.39, 0.29) is 5.91 Å². The molecule has 3 rings (SSSR count). The third-order valence-electron chi connectivity index (χ3n) is 3.39. The van der Waals surface area contributed by atoms with Gasteiger partial charge >= 0.3 is 0 Å². The highest BCUT2D eigenvalue weighted by Crippen LogP contribution is 2.17. The Morgan fingerprint density at radius 1 is 1.40 bits per heavy atom. The minimum Gasteiger partial charge on any atom is -0.361 e. The molecule has 0 aliphatic rings. The summed E-state index contributed by atoms with van der Waals surface area (Å²) in [5.74, 6) is -0.0709. The molecular weight excluding hydrogens is 252 g/mol. The van der Waals surface area contributed by atoms with Gasteiger partial charge in [-0.25, -0.2) is 0 Å². The third-order valence-corrected chi connectivity index (χ3v) is 3.39. The molecule has 20 heavy (non-hydrogen) atoms. The second-order valence-corrected chi connectivity index (χ2v) is 4.84. The fourth-order valence-electron chi connectivity index (χ4n) is 2.38. The van der Waals surface area contributed by atoms with Crippen LogP contribution in [-0.2, 0) is 13.6 Å². The number of benzene rings is 1. The van der Waals surface area contributed by atoms with Gasteiger partial charge in [-0.2, -0.15) is 5.10 Å². The van der Waals surface area contributed by atoms with Crippen molar-refractivity contribution in [2.75, 3.05) is 0 Å². The molecule has 0 unspecified atom stereocenters. The number of H-pyrrole nitrogens is 1. The molecule has 0 radical (unpaired) electrons. The highest BCUT2D eigenvalue weighted by molar-refractivity contribution is 6.06. The van der Waals surface area contributed by atoms with Gasteiger partial charge in [-0.15, -0.1) is 0 Å². The number of hydrogen-bond donors (Lipinski definition) is 2. The van der Waals surface area contributed by atoms with Crippen LogP contribution >= 0.6 is 0 Å². The molecule has 3 aromatic rings. The standard InChI is InChI=1S/C15H16N4O/c1-10-11(9-19(2)18-10)8-17-15(20)13-4-3-5-14-12(13)6-7-16-14/h3-7,9,16H,8H2,1-2H3,(H,17,20). The first kappa shape index (κ1) is 12.5. The molecule has 0 atom stereocenters. The molecule has 0 bridgehead atoms. The SMILES string of the molecule is Cc1nn(C)cc1CNC(=O)c1cccc2[nH]ccc12. The Morgan fingerprint density at radius 2 is 2.25 bits per heavy atom. The van der Waals surface area contributed by atoms with Gasteiger partial charge < -0.3 is 10.3 Å². The molecule has 102 valence electrons. The predicted octanol–water partition coefficient (Wildman–Crippen LogP) is 2.14. The Kier molecular flexibility index (Phi) is 3.02. The van der Waals surface area contributed by atoms with Crippen molar-refractivity contribution in [1.29, 1.82) is 0 Å². The molecule has 0 spiro atoms. The minimum absolute atomic E-state index is 0.0709. The van der Waals surface area contributed by atoms with Crippen molar-refractivity contribution in [2.24, 2.45) is 7.05 Å². The van der Waals surface area contributed by atoms with E-state index in [2.05, 4.69) is 15.4 Å². The van der Waals surface area contributed by atoms with Crippen LogP contribution in [0.1, 0.15) is 21.6 Å². The third kappa shape index (κ3) is 2.18. The Labute approximate surface area is 116 Å². The summed E-state index contributed by atoms with van der Waals surface area (Å²) < 4.78 is 1.75. The zero-order chi connectivity index (χ0) is 14.1. The van der Waals surface area contributed by atoms with E-state index in [4.69, 9.17) is 0 Å². The Morgan fingerprint density at radius 3 is 3.00 bits per heavy atom. The summed E-state index contributed by atoms with van der Waals surface area (Å²) >= 11 is 0. The van der Waals surface area contributed by atoms with Gasteiger partial charge in [0.2, 0.25) is 0 Å². The molecule has 0 aliphatic heterocycles. The largest absolute Gasteiger partial charge is 0.361 e. The quantitative estimate of drug-likeness (QED) is 0.764. The van der Waals surface area contributed by atoms with E-state index < -0.39 is 0 Å². The van der Waals surface area contributed by atoms with Gasteiger partial charge in [0.15, 0.2) is 0 Å². The number of carbonyl (C=O) groups is 1. The summed E-state index contributed by atoms with van der Waals surface area (Å²) in [6.07, 6.45) is 3.76. The second kappa shape index (κ2) is 4.85. The van der Waals surface area contributed by atoms with Crippen molar-refractivity contribution in [3.8, 4) is 0 Å². The number of nitrogens with zero attached hydrogens (tertiary/aromatic N) is 2. The maximum atomic E-state index is 12.3. The van der Waals surface area contributed by atoms with Crippen LogP contribution in [0.15, 0.2) is 36.7 Å². The molecule has 0 saturated heterocycles. The second-order valence-electron chi connectivity index (χ2n) is 4.84. The van der Waals surface area contributed by atoms with E-state index in [0.717, 1.165) is 22.2 Å². The maximum absolute atomic E-state index is 12.3. The van der Waals surface area contributed by atoms with E-state index in [9.17, 15) is 4.79 Å². The number of fused-ring (bicyclic) bond motifs is 1. The van der Waals surface area contributed by atoms with Gasteiger partial charge in [0.05, 0.1) is 5.69 Å². The number of hydrogen-bond acceptors (Lipinski definition) is 2. The van der Waals surface area contributed by atoms with E-state index in [1.54, 1.807) is 4.68 Å². The smallest absolute Gasteiger partial charge is 0.252 e. The molecule has 1 aromatic carbocycles. The molecule has 5 heteroatoms. The summed E-state index contributed by atoms with van der Waals surface area (Å²) in [7, 11) is 1.87. The number of amides is 1. The molecule has 0 aliphatic carbocycles. The van der Waals surface area contributed by atoms with Crippen LogP contribution < -0.4 is 5.32 Å². The van der Waals surface area contributed by atoms with Crippen LogP contribution in [0.5, 0.6) is 0 Å². The molecular formula is C15H16N4O. The van der Waals surface area contributed by atoms with Gasteiger partial charge in [0.25, 0.3) is 5.91 Å². The molecule has 1 amide bonds. The zero-order valence-corrected chi connectivity index (χ0v) is 11.5. The average molecular weight is 268 g/mol. The summed E-state index contributed by atoms with van der Waals surface area (Å²) in [5, 5.41) is 8.15. The average Bonchev–Trinajstić information content (AvgIpc) is 3.01. The van der Waals surface area contributed by atoms with Crippen LogP contribution in [0.3, 0.4) is 0 Å². The van der Waals surface area contributed by atoms with Crippen LogP contribution in [0.4, 0.5) is 0 Å². The molecule has 2 N–H and O–H groups in total. The van der Waals surface area contributed by atoms with Crippen LogP contribution in [0, 0.1) is 6.92 Å². The van der Waals surface area contributed by atoms with Gasteiger partial charge in [-0.05, 0) is 25.1 Å². The molecule has 5 nitrogen and oxygen atoms in total. The topological polar surface area (TPSA) is 62.7 Å². The highest BCUT2D eigenvalue weighted by atomic mass is 16.1. The van der Waals surface area contributed by atoms with E-state index in [0.29, 0.717) is 12.1 Å². The van der Waals surface area contributed by atoms with Gasteiger partial charge in [-0.1, -0.05) is 6.07 Å². The Hall–Kier alpha value is -2.56. The first-order chi connectivity index (χ1) is 9.65. The molecule has 2 aromatic heterocycles. The fraction of sp³-hybridized carbons (Fsp3) is 0.200. The lowest BCUT2D eigenvalue weighted by Gasteiger charge is -2.05. The first-order valence-corrected chi connectivity index (χ1v) is 6.48. The minimum atomic E-state index is -0.0709. The van der Waals surface area contributed by atoms with E-state index in [1.165, 1.54) is 0 Å². The first-order valence-electron chi connectivity index (χ1n) is 6.48. The molecule has 0 fully saturated rings. The summed E-state index contributed by atoms with van der Waals surface area (Å²) in [6, 6.07) is 7.58. The monoisotopic (exact) mass is 268 g/mol. The number of carbonyl (C=O) groups excluding carboxylic acids is 1. The Balaban J connectivity index is 1.80. The van der Waals surface area contributed by atoms with Crippen LogP contribution in [0.25, 0.3) is 10.9 Å². The van der Waals surface area contributed by atoms with Crippen molar-refractivity contribution in [2.45, 2.75) is 13.5 Å². The van der Waals surface area contributed by atoms with Gasteiger partial charge in [0, 0.05) is 48.0 Å². The highest BCUT2D eigenvalue weighted by Gasteiger charge is 2.11. The number of aromatic amines is 1. The van der Waals surface area contributed by atoms with Crippen molar-refractivity contribution in [3.05, 3.63) is 53.5 Å². The number of aryl methyl sites for hydroxylation is 2. The van der Waals surface area contributed by atoms with Gasteiger partial charge in [-0.3, -0.25) is 9.48 Å². The van der Waals surface area contributed by atoms with Crippen molar-refractivity contribution in [3.63, 3.8) is 0 Å². The summed E-state index contributed by atoms with van der Waals surface area (Å²) in [5.41, 5.74) is 3.62. The lowest BCUT2D eigenvalue weighted by Crippen LogP contribution is -2.23. The van der Waals surface area contributed by atoms with E-state index >= 15 is 0 Å². The number of rotatable bonds is 3. The summed E-state index contributed by atoms with van der Waals surface area (Å²) in [4.78, 5) is 15.4. The maximum Gasteiger partial charge on any atom is 0.252 e. The predicted molar refractivity (Wildman–Crippen MR) is 77.4 cm³/mol. The van der Waals surface area contributed by atoms with Crippen molar-refractivity contribution in [1.82, 2.24) is 20.1 Å². The van der Waals surface area contributed by atoms with Crippen LogP contribution in [-0.4, -0.2) is 20.7 Å². The van der Waals surface area contributed by atoms with Crippen molar-refractivity contribution >= 4 is 16.8 Å². The normalized spacial score (nSPS) is 10.9. The lowest BCUT2D eigenvalue weighted by molar-refractivity contribution is 0.0952. The fourth-order valence-corrected chi connectivity index (χ4v) is 2.38.